The topological polar surface area (TPSA) is 60.9 Å². The number of carboxylic acid groups (broad SMARTS) is 1. The van der Waals surface area contributed by atoms with E-state index in [0.29, 0.717) is 23.2 Å². The Balaban J connectivity index is 3.01. The summed E-state index contributed by atoms with van der Waals surface area (Å²) in [7, 11) is 5.68. The summed E-state index contributed by atoms with van der Waals surface area (Å²) in [6.45, 7) is 4.97. The van der Waals surface area contributed by atoms with Crippen molar-refractivity contribution in [1.29, 1.82) is 0 Å². The molecule has 1 aromatic rings. The molecule has 0 aliphatic rings. The number of amides is 1. The lowest BCUT2D eigenvalue weighted by atomic mass is 9.96. The molecule has 5 nitrogen and oxygen atoms in total. The van der Waals surface area contributed by atoms with Crippen LogP contribution in [0.2, 0.25) is 0 Å². The van der Waals surface area contributed by atoms with Gasteiger partial charge in [-0.25, -0.2) is 4.79 Å². The van der Waals surface area contributed by atoms with Crippen molar-refractivity contribution < 1.29 is 14.7 Å². The number of rotatable bonds is 6. The lowest BCUT2D eigenvalue weighted by Gasteiger charge is -2.21. The molecule has 0 aliphatic heterocycles. The van der Waals surface area contributed by atoms with Crippen molar-refractivity contribution in [1.82, 2.24) is 9.80 Å². The molecule has 0 fully saturated rings. The number of hydrogen-bond donors (Lipinski definition) is 1. The first kappa shape index (κ1) is 17.2. The molecule has 1 aromatic carbocycles. The monoisotopic (exact) mass is 292 g/mol. The van der Waals surface area contributed by atoms with Gasteiger partial charge in [0.1, 0.15) is 0 Å². The Morgan fingerprint density at radius 3 is 2.00 bits per heavy atom. The zero-order valence-electron chi connectivity index (χ0n) is 13.4. The van der Waals surface area contributed by atoms with Crippen LogP contribution in [0.15, 0.2) is 12.1 Å². The Hall–Kier alpha value is -1.88. The van der Waals surface area contributed by atoms with Crippen molar-refractivity contribution >= 4 is 11.9 Å². The van der Waals surface area contributed by atoms with E-state index in [-0.39, 0.29) is 11.5 Å². The maximum atomic E-state index is 12.6. The third kappa shape index (κ3) is 4.29. The molecule has 116 valence electrons. The van der Waals surface area contributed by atoms with E-state index in [0.717, 1.165) is 13.0 Å². The molecule has 0 aliphatic carbocycles. The van der Waals surface area contributed by atoms with E-state index >= 15 is 0 Å². The van der Waals surface area contributed by atoms with Gasteiger partial charge < -0.3 is 14.9 Å². The molecule has 0 aromatic heterocycles. The predicted molar refractivity (Wildman–Crippen MR) is 83.0 cm³/mol. The van der Waals surface area contributed by atoms with Gasteiger partial charge >= 0.3 is 5.97 Å². The summed E-state index contributed by atoms with van der Waals surface area (Å²) in [6, 6.07) is 3.53. The number of benzene rings is 1. The van der Waals surface area contributed by atoms with E-state index in [2.05, 4.69) is 4.90 Å². The first-order valence-corrected chi connectivity index (χ1v) is 6.99. The Morgan fingerprint density at radius 2 is 1.52 bits per heavy atom. The van der Waals surface area contributed by atoms with Gasteiger partial charge in [0.15, 0.2) is 0 Å². The van der Waals surface area contributed by atoms with Crippen molar-refractivity contribution in [3.63, 3.8) is 0 Å². The molecule has 0 saturated carbocycles. The normalized spacial score (nSPS) is 10.8. The van der Waals surface area contributed by atoms with Gasteiger partial charge in [-0.15, -0.1) is 0 Å². The minimum atomic E-state index is -1.05. The summed E-state index contributed by atoms with van der Waals surface area (Å²) in [5, 5.41) is 9.37. The zero-order chi connectivity index (χ0) is 16.2. The molecule has 0 radical (unpaired) electrons. The van der Waals surface area contributed by atoms with Gasteiger partial charge in [0.2, 0.25) is 0 Å². The number of carbonyl (C=O) groups is 2. The highest BCUT2D eigenvalue weighted by Crippen LogP contribution is 2.20. The molecular formula is C16H24N2O3. The molecule has 0 saturated heterocycles. The van der Waals surface area contributed by atoms with Crippen molar-refractivity contribution in [2.45, 2.75) is 20.3 Å². The van der Waals surface area contributed by atoms with Crippen molar-refractivity contribution in [3.05, 3.63) is 34.4 Å². The Bertz CT molecular complexity index is 539. The molecule has 21 heavy (non-hydrogen) atoms. The van der Waals surface area contributed by atoms with Crippen LogP contribution >= 0.6 is 0 Å². The van der Waals surface area contributed by atoms with Crippen LogP contribution in [0.5, 0.6) is 0 Å². The maximum Gasteiger partial charge on any atom is 0.336 e. The van der Waals surface area contributed by atoms with Crippen molar-refractivity contribution in [3.8, 4) is 0 Å². The SMILES string of the molecule is Cc1ccc(C)c(C(=O)N(C)CCCN(C)C)c1C(=O)O. The maximum absolute atomic E-state index is 12.6. The van der Waals surface area contributed by atoms with Crippen LogP contribution in [0.3, 0.4) is 0 Å². The van der Waals surface area contributed by atoms with Gasteiger partial charge in [-0.05, 0) is 52.0 Å². The second kappa shape index (κ2) is 7.22. The van der Waals surface area contributed by atoms with Crippen LogP contribution in [0, 0.1) is 13.8 Å². The largest absolute Gasteiger partial charge is 0.478 e. The molecule has 0 heterocycles. The molecule has 1 rings (SSSR count). The summed E-state index contributed by atoms with van der Waals surface area (Å²) in [4.78, 5) is 27.7. The number of hydrogen-bond acceptors (Lipinski definition) is 3. The molecular weight excluding hydrogens is 268 g/mol. The van der Waals surface area contributed by atoms with Crippen LogP contribution < -0.4 is 0 Å². The zero-order valence-corrected chi connectivity index (χ0v) is 13.4. The fourth-order valence-corrected chi connectivity index (χ4v) is 2.28. The van der Waals surface area contributed by atoms with E-state index in [1.54, 1.807) is 37.9 Å². The van der Waals surface area contributed by atoms with Crippen molar-refractivity contribution in [2.75, 3.05) is 34.2 Å². The van der Waals surface area contributed by atoms with Gasteiger partial charge in [-0.2, -0.15) is 0 Å². The van der Waals surface area contributed by atoms with E-state index in [1.807, 2.05) is 14.1 Å². The molecule has 0 spiro atoms. The van der Waals surface area contributed by atoms with Crippen LogP contribution in [0.25, 0.3) is 0 Å². The Morgan fingerprint density at radius 1 is 1.00 bits per heavy atom. The average molecular weight is 292 g/mol. The fourth-order valence-electron chi connectivity index (χ4n) is 2.28. The van der Waals surface area contributed by atoms with Gasteiger partial charge in [0.25, 0.3) is 5.91 Å². The average Bonchev–Trinajstić information content (AvgIpc) is 2.39. The molecule has 0 atom stereocenters. The smallest absolute Gasteiger partial charge is 0.336 e. The van der Waals surface area contributed by atoms with Gasteiger partial charge in [0, 0.05) is 13.6 Å². The second-order valence-corrected chi connectivity index (χ2v) is 5.64. The Labute approximate surface area is 126 Å². The molecule has 5 heteroatoms. The lowest BCUT2D eigenvalue weighted by molar-refractivity contribution is 0.0680. The number of carboxylic acids is 1. The highest BCUT2D eigenvalue weighted by Gasteiger charge is 2.23. The summed E-state index contributed by atoms with van der Waals surface area (Å²) >= 11 is 0. The van der Waals surface area contributed by atoms with Gasteiger partial charge in [0.05, 0.1) is 11.1 Å². The van der Waals surface area contributed by atoms with Crippen molar-refractivity contribution in [2.24, 2.45) is 0 Å². The van der Waals surface area contributed by atoms with Crippen LogP contribution in [-0.4, -0.2) is 61.0 Å². The number of carbonyl (C=O) groups excluding carboxylic acids is 1. The van der Waals surface area contributed by atoms with Crippen LogP contribution in [0.4, 0.5) is 0 Å². The molecule has 0 unspecified atom stereocenters. The summed E-state index contributed by atoms with van der Waals surface area (Å²) in [6.07, 6.45) is 0.850. The van der Waals surface area contributed by atoms with Crippen LogP contribution in [0.1, 0.15) is 38.3 Å². The second-order valence-electron chi connectivity index (χ2n) is 5.64. The molecule has 1 N–H and O–H groups in total. The number of aromatic carboxylic acids is 1. The van der Waals surface area contributed by atoms with E-state index in [9.17, 15) is 14.7 Å². The first-order chi connectivity index (χ1) is 9.75. The predicted octanol–water partition coefficient (Wildman–Crippen LogP) is 2.03. The third-order valence-corrected chi connectivity index (χ3v) is 3.50. The minimum Gasteiger partial charge on any atom is -0.478 e. The standard InChI is InChI=1S/C16H24N2O3/c1-11-7-8-12(2)14(16(20)21)13(11)15(19)18(5)10-6-9-17(3)4/h7-8H,6,9-10H2,1-5H3,(H,20,21). The van der Waals surface area contributed by atoms with E-state index < -0.39 is 5.97 Å². The van der Waals surface area contributed by atoms with E-state index in [4.69, 9.17) is 0 Å². The van der Waals surface area contributed by atoms with Gasteiger partial charge in [-0.1, -0.05) is 12.1 Å². The minimum absolute atomic E-state index is 0.111. The summed E-state index contributed by atoms with van der Waals surface area (Å²) in [5.74, 6) is -1.28. The highest BCUT2D eigenvalue weighted by atomic mass is 16.4. The first-order valence-electron chi connectivity index (χ1n) is 6.99. The molecule has 0 bridgehead atoms. The lowest BCUT2D eigenvalue weighted by Crippen LogP contribution is -2.31. The number of aryl methyl sites for hydroxylation is 2. The molecule has 1 amide bonds. The quantitative estimate of drug-likeness (QED) is 0.871. The fraction of sp³-hybridized carbons (Fsp3) is 0.500. The van der Waals surface area contributed by atoms with Crippen LogP contribution in [-0.2, 0) is 0 Å². The highest BCUT2D eigenvalue weighted by molar-refractivity contribution is 6.06. The van der Waals surface area contributed by atoms with E-state index in [1.165, 1.54) is 0 Å². The Kier molecular flexibility index (Phi) is 5.90. The third-order valence-electron chi connectivity index (χ3n) is 3.50. The summed E-state index contributed by atoms with van der Waals surface area (Å²) < 4.78 is 0. The number of nitrogens with zero attached hydrogens (tertiary/aromatic N) is 2. The van der Waals surface area contributed by atoms with Gasteiger partial charge in [-0.3, -0.25) is 4.79 Å². The summed E-state index contributed by atoms with van der Waals surface area (Å²) in [5.41, 5.74) is 1.72.